The average molecular weight is 555 g/mol. The van der Waals surface area contributed by atoms with Crippen LogP contribution in [0.3, 0.4) is 0 Å². The smallest absolute Gasteiger partial charge is 0.253 e. The molecule has 10 heteroatoms. The third-order valence-corrected chi connectivity index (χ3v) is 4.48. The molecule has 1 heterocycles. The summed E-state index contributed by atoms with van der Waals surface area (Å²) in [5, 5.41) is 10.9. The summed E-state index contributed by atoms with van der Waals surface area (Å²) in [6.45, 7) is 0.872. The maximum absolute atomic E-state index is 12.0. The minimum Gasteiger partial charge on any atom is -0.352 e. The maximum Gasteiger partial charge on any atom is 0.253 e. The van der Waals surface area contributed by atoms with Gasteiger partial charge < -0.3 is 20.1 Å². The van der Waals surface area contributed by atoms with Crippen molar-refractivity contribution in [2.75, 3.05) is 21.1 Å². The number of guanidine groups is 1. The van der Waals surface area contributed by atoms with E-state index in [4.69, 9.17) is 16.1 Å². The van der Waals surface area contributed by atoms with Gasteiger partial charge in [-0.3, -0.25) is 9.79 Å². The predicted molar refractivity (Wildman–Crippen MR) is 132 cm³/mol. The lowest BCUT2D eigenvalue weighted by atomic mass is 10.1. The van der Waals surface area contributed by atoms with Gasteiger partial charge >= 0.3 is 0 Å². The lowest BCUT2D eigenvalue weighted by molar-refractivity contribution is 0.0827. The van der Waals surface area contributed by atoms with Crippen molar-refractivity contribution in [1.29, 1.82) is 0 Å². The van der Waals surface area contributed by atoms with Crippen molar-refractivity contribution in [3.05, 3.63) is 70.6 Å². The first-order valence-corrected chi connectivity index (χ1v) is 9.67. The number of nitrogens with zero attached hydrogens (tertiary/aromatic N) is 4. The van der Waals surface area contributed by atoms with Gasteiger partial charge in [0.15, 0.2) is 5.96 Å². The Kier molecular flexibility index (Phi) is 9.25. The molecule has 0 unspecified atom stereocenters. The van der Waals surface area contributed by atoms with Crippen molar-refractivity contribution >= 4 is 47.4 Å². The fraction of sp³-hybridized carbons (Fsp3) is 0.238. The minimum absolute atomic E-state index is 0. The van der Waals surface area contributed by atoms with Crippen molar-refractivity contribution in [2.45, 2.75) is 13.1 Å². The van der Waals surface area contributed by atoms with E-state index < -0.39 is 0 Å². The molecule has 0 aliphatic carbocycles. The van der Waals surface area contributed by atoms with Gasteiger partial charge in [0, 0.05) is 43.8 Å². The quantitative estimate of drug-likeness (QED) is 0.275. The molecule has 1 amide bonds. The van der Waals surface area contributed by atoms with Crippen molar-refractivity contribution in [3.63, 3.8) is 0 Å². The summed E-state index contributed by atoms with van der Waals surface area (Å²) in [5.41, 5.74) is 2.46. The van der Waals surface area contributed by atoms with Crippen LogP contribution < -0.4 is 10.6 Å². The van der Waals surface area contributed by atoms with Gasteiger partial charge in [-0.2, -0.15) is 4.98 Å². The summed E-state index contributed by atoms with van der Waals surface area (Å²) in [4.78, 5) is 22.1. The standard InChI is InChI=1S/C21H23ClN6O2.HI/c1-23-21(24-12-14-7-9-15(10-8-14)20(29)28(2)3)25-13-18-26-19(27-30-18)16-5-4-6-17(22)11-16;/h4-11H,12-13H2,1-3H3,(H2,23,24,25);1H. The maximum atomic E-state index is 12.0. The Labute approximate surface area is 203 Å². The summed E-state index contributed by atoms with van der Waals surface area (Å²) in [6.07, 6.45) is 0. The molecular weight excluding hydrogens is 531 g/mol. The molecule has 0 aliphatic heterocycles. The van der Waals surface area contributed by atoms with Gasteiger partial charge in [0.25, 0.3) is 5.91 Å². The highest BCUT2D eigenvalue weighted by atomic mass is 127. The molecule has 0 bridgehead atoms. The van der Waals surface area contributed by atoms with Gasteiger partial charge in [0.1, 0.15) is 0 Å². The Balaban J connectivity index is 0.00000341. The molecule has 0 aliphatic rings. The Bertz CT molecular complexity index is 1040. The molecule has 0 saturated heterocycles. The lowest BCUT2D eigenvalue weighted by Gasteiger charge is -2.12. The second-order valence-electron chi connectivity index (χ2n) is 6.70. The molecule has 0 saturated carbocycles. The number of aromatic nitrogens is 2. The highest BCUT2D eigenvalue weighted by Crippen LogP contribution is 2.19. The molecule has 0 fully saturated rings. The van der Waals surface area contributed by atoms with Crippen LogP contribution in [0.5, 0.6) is 0 Å². The summed E-state index contributed by atoms with van der Waals surface area (Å²) < 4.78 is 5.29. The van der Waals surface area contributed by atoms with Gasteiger partial charge in [-0.05, 0) is 29.8 Å². The molecule has 164 valence electrons. The van der Waals surface area contributed by atoms with Crippen molar-refractivity contribution < 1.29 is 9.32 Å². The van der Waals surface area contributed by atoms with E-state index in [2.05, 4.69) is 25.8 Å². The monoisotopic (exact) mass is 554 g/mol. The van der Waals surface area contributed by atoms with E-state index in [0.29, 0.717) is 41.4 Å². The second kappa shape index (κ2) is 11.7. The fourth-order valence-corrected chi connectivity index (χ4v) is 2.85. The number of rotatable bonds is 6. The molecule has 2 N–H and O–H groups in total. The summed E-state index contributed by atoms with van der Waals surface area (Å²) in [5.74, 6) is 1.47. The molecule has 2 aromatic carbocycles. The molecule has 0 spiro atoms. The SMILES string of the molecule is CN=C(NCc1ccc(C(=O)N(C)C)cc1)NCc1nc(-c2cccc(Cl)c2)no1.I. The van der Waals surface area contributed by atoms with Crippen LogP contribution in [0.1, 0.15) is 21.8 Å². The number of benzene rings is 2. The summed E-state index contributed by atoms with van der Waals surface area (Å²) >= 11 is 6.00. The van der Waals surface area contributed by atoms with E-state index >= 15 is 0 Å². The average Bonchev–Trinajstić information content (AvgIpc) is 3.23. The second-order valence-corrected chi connectivity index (χ2v) is 7.13. The highest BCUT2D eigenvalue weighted by molar-refractivity contribution is 14.0. The van der Waals surface area contributed by atoms with Crippen molar-refractivity contribution in [2.24, 2.45) is 4.99 Å². The zero-order chi connectivity index (χ0) is 21.5. The number of hydrogen-bond donors (Lipinski definition) is 2. The number of carbonyl (C=O) groups is 1. The molecule has 1 aromatic heterocycles. The number of amides is 1. The van der Waals surface area contributed by atoms with E-state index in [1.165, 1.54) is 0 Å². The number of nitrogens with one attached hydrogen (secondary N) is 2. The number of carbonyl (C=O) groups excluding carboxylic acids is 1. The van der Waals surface area contributed by atoms with Gasteiger partial charge in [-0.25, -0.2) is 0 Å². The van der Waals surface area contributed by atoms with Crippen LogP contribution >= 0.6 is 35.6 Å². The Morgan fingerprint density at radius 2 is 1.84 bits per heavy atom. The molecule has 31 heavy (non-hydrogen) atoms. The number of hydrogen-bond acceptors (Lipinski definition) is 5. The molecule has 0 radical (unpaired) electrons. The van der Waals surface area contributed by atoms with Crippen LogP contribution in [0.2, 0.25) is 5.02 Å². The minimum atomic E-state index is -0.0244. The summed E-state index contributed by atoms with van der Waals surface area (Å²) in [6, 6.07) is 14.7. The predicted octanol–water partition coefficient (Wildman–Crippen LogP) is 3.58. The molecule has 3 aromatic rings. The van der Waals surface area contributed by atoms with E-state index in [1.54, 1.807) is 38.2 Å². The third-order valence-electron chi connectivity index (χ3n) is 4.25. The fourth-order valence-electron chi connectivity index (χ4n) is 2.66. The van der Waals surface area contributed by atoms with E-state index in [-0.39, 0.29) is 29.9 Å². The summed E-state index contributed by atoms with van der Waals surface area (Å²) in [7, 11) is 5.14. The first kappa shape index (κ1) is 24.6. The van der Waals surface area contributed by atoms with Gasteiger partial charge in [0.2, 0.25) is 11.7 Å². The van der Waals surface area contributed by atoms with E-state index in [1.807, 2.05) is 36.4 Å². The Morgan fingerprint density at radius 3 is 2.48 bits per heavy atom. The molecule has 0 atom stereocenters. The van der Waals surface area contributed by atoms with Crippen molar-refractivity contribution in [3.8, 4) is 11.4 Å². The Morgan fingerprint density at radius 1 is 1.13 bits per heavy atom. The lowest BCUT2D eigenvalue weighted by Crippen LogP contribution is -2.36. The molecule has 3 rings (SSSR count). The van der Waals surface area contributed by atoms with Crippen LogP contribution in [0, 0.1) is 0 Å². The van der Waals surface area contributed by atoms with E-state index in [9.17, 15) is 4.79 Å². The van der Waals surface area contributed by atoms with Crippen LogP contribution in [0.15, 0.2) is 58.0 Å². The first-order chi connectivity index (χ1) is 14.5. The van der Waals surface area contributed by atoms with Gasteiger partial charge in [-0.15, -0.1) is 24.0 Å². The number of halogens is 2. The van der Waals surface area contributed by atoms with E-state index in [0.717, 1.165) is 11.1 Å². The van der Waals surface area contributed by atoms with Crippen molar-refractivity contribution in [1.82, 2.24) is 25.7 Å². The molecule has 8 nitrogen and oxygen atoms in total. The zero-order valence-electron chi connectivity index (χ0n) is 17.4. The topological polar surface area (TPSA) is 95.7 Å². The third kappa shape index (κ3) is 6.93. The first-order valence-electron chi connectivity index (χ1n) is 9.30. The van der Waals surface area contributed by atoms with Crippen LogP contribution in [-0.4, -0.2) is 48.1 Å². The van der Waals surface area contributed by atoms with Crippen LogP contribution in [-0.2, 0) is 13.1 Å². The largest absolute Gasteiger partial charge is 0.352 e. The molecular formula is C21H24ClIN6O2. The highest BCUT2D eigenvalue weighted by Gasteiger charge is 2.10. The van der Waals surface area contributed by atoms with Crippen LogP contribution in [0.4, 0.5) is 0 Å². The van der Waals surface area contributed by atoms with Gasteiger partial charge in [-0.1, -0.05) is 41.0 Å². The zero-order valence-corrected chi connectivity index (χ0v) is 20.5. The Hall–Kier alpha value is -2.66. The van der Waals surface area contributed by atoms with Crippen LogP contribution in [0.25, 0.3) is 11.4 Å². The van der Waals surface area contributed by atoms with Gasteiger partial charge in [0.05, 0.1) is 6.54 Å². The normalized spacial score (nSPS) is 10.9. The number of aliphatic imine (C=N–C) groups is 1.